The van der Waals surface area contributed by atoms with Crippen LogP contribution in [0.2, 0.25) is 5.02 Å². The molecule has 4 rings (SSSR count). The summed E-state index contributed by atoms with van der Waals surface area (Å²) in [5.41, 5.74) is 1.71. The first-order valence-corrected chi connectivity index (χ1v) is 10.6. The molecule has 34 heavy (non-hydrogen) atoms. The van der Waals surface area contributed by atoms with Crippen LogP contribution in [-0.2, 0) is 11.2 Å². The van der Waals surface area contributed by atoms with Crippen LogP contribution in [0.1, 0.15) is 21.7 Å². The van der Waals surface area contributed by atoms with E-state index in [4.69, 9.17) is 11.6 Å². The minimum atomic E-state index is -0.682. The number of hydrogen-bond acceptors (Lipinski definition) is 4. The van der Waals surface area contributed by atoms with Crippen LogP contribution in [0.4, 0.5) is 10.3 Å². The highest BCUT2D eigenvalue weighted by atomic mass is 35.5. The van der Waals surface area contributed by atoms with E-state index in [1.165, 1.54) is 12.1 Å². The highest BCUT2D eigenvalue weighted by Gasteiger charge is 2.17. The number of nitrogens with one attached hydrogen (secondary N) is 2. The van der Waals surface area contributed by atoms with Crippen molar-refractivity contribution < 1.29 is 14.0 Å². The highest BCUT2D eigenvalue weighted by molar-refractivity contribution is 6.30. The van der Waals surface area contributed by atoms with Crippen LogP contribution in [0, 0.1) is 5.82 Å². The van der Waals surface area contributed by atoms with Crippen LogP contribution >= 0.6 is 11.6 Å². The van der Waals surface area contributed by atoms with E-state index in [1.54, 1.807) is 16.8 Å². The third-order valence-electron chi connectivity index (χ3n) is 4.82. The Balaban J connectivity index is 1.51. The van der Waals surface area contributed by atoms with Crippen molar-refractivity contribution in [1.82, 2.24) is 20.1 Å². The second-order valence-corrected chi connectivity index (χ2v) is 7.73. The summed E-state index contributed by atoms with van der Waals surface area (Å²) in [7, 11) is 0. The van der Waals surface area contributed by atoms with Gasteiger partial charge in [0.25, 0.3) is 11.8 Å². The van der Waals surface area contributed by atoms with Crippen molar-refractivity contribution in [2.75, 3.05) is 5.32 Å². The lowest BCUT2D eigenvalue weighted by atomic mass is 10.1. The van der Waals surface area contributed by atoms with E-state index in [0.29, 0.717) is 17.3 Å². The van der Waals surface area contributed by atoms with Gasteiger partial charge in [0, 0.05) is 17.0 Å². The van der Waals surface area contributed by atoms with Gasteiger partial charge in [0.05, 0.1) is 11.4 Å². The maximum Gasteiger partial charge on any atom is 0.273 e. The van der Waals surface area contributed by atoms with Gasteiger partial charge in [-0.3, -0.25) is 14.9 Å². The molecule has 2 amide bonds. The van der Waals surface area contributed by atoms with E-state index in [1.807, 2.05) is 42.5 Å². The topological polar surface area (TPSA) is 88.9 Å². The maximum absolute atomic E-state index is 13.1. The van der Waals surface area contributed by atoms with Crippen LogP contribution in [0.5, 0.6) is 0 Å². The fourth-order valence-electron chi connectivity index (χ4n) is 3.12. The van der Waals surface area contributed by atoms with Crippen molar-refractivity contribution in [3.05, 3.63) is 119 Å². The Morgan fingerprint density at radius 2 is 1.65 bits per heavy atom. The van der Waals surface area contributed by atoms with Crippen molar-refractivity contribution >= 4 is 29.4 Å². The van der Waals surface area contributed by atoms with Crippen molar-refractivity contribution in [2.45, 2.75) is 6.42 Å². The molecule has 0 atom stereocenters. The van der Waals surface area contributed by atoms with Gasteiger partial charge in [-0.2, -0.15) is 4.98 Å². The average molecular weight is 476 g/mol. The van der Waals surface area contributed by atoms with Crippen LogP contribution < -0.4 is 10.6 Å². The van der Waals surface area contributed by atoms with Gasteiger partial charge in [0.2, 0.25) is 5.95 Å². The summed E-state index contributed by atoms with van der Waals surface area (Å²) in [6, 6.07) is 21.6. The Hall–Kier alpha value is -4.30. The summed E-state index contributed by atoms with van der Waals surface area (Å²) >= 11 is 5.98. The molecule has 3 aromatic carbocycles. The molecular weight excluding hydrogens is 457 g/mol. The molecule has 0 fully saturated rings. The average Bonchev–Trinajstić information content (AvgIpc) is 3.23. The van der Waals surface area contributed by atoms with Crippen LogP contribution in [0.3, 0.4) is 0 Å². The second kappa shape index (κ2) is 10.1. The molecule has 0 aliphatic heterocycles. The van der Waals surface area contributed by atoms with Gasteiger partial charge in [0.15, 0.2) is 0 Å². The molecule has 2 N–H and O–H groups in total. The molecule has 0 bridgehead atoms. The largest absolute Gasteiger partial charge is 0.318 e. The monoisotopic (exact) mass is 475 g/mol. The van der Waals surface area contributed by atoms with Gasteiger partial charge in [0.1, 0.15) is 11.6 Å². The normalized spacial score (nSPS) is 10.5. The first-order valence-electron chi connectivity index (χ1n) is 10.2. The van der Waals surface area contributed by atoms with Gasteiger partial charge < -0.3 is 5.32 Å². The highest BCUT2D eigenvalue weighted by Crippen LogP contribution is 2.17. The number of aromatic nitrogens is 3. The Labute approximate surface area is 199 Å². The number of hydrogen-bond donors (Lipinski definition) is 2. The molecule has 9 heteroatoms. The molecule has 4 aromatic rings. The standard InChI is InChI=1S/C25H19ClFN5O2/c1-16(28-24(34)18-9-13-20(27)14-10-18)23(33)30-25-29-22(15-17-7-11-19(26)12-8-17)32(31-25)21-5-3-2-4-6-21/h2-14H,1,15H2,(H,28,34)(H,30,31,33). The minimum absolute atomic E-state index is 0.0509. The Morgan fingerprint density at radius 3 is 2.32 bits per heavy atom. The number of benzene rings is 3. The minimum Gasteiger partial charge on any atom is -0.318 e. The Morgan fingerprint density at radius 1 is 0.971 bits per heavy atom. The summed E-state index contributed by atoms with van der Waals surface area (Å²) in [5.74, 6) is -1.10. The van der Waals surface area contributed by atoms with Crippen molar-refractivity contribution in [3.63, 3.8) is 0 Å². The molecule has 0 aliphatic rings. The molecule has 0 spiro atoms. The third kappa shape index (κ3) is 5.54. The van der Waals surface area contributed by atoms with E-state index in [-0.39, 0.29) is 17.2 Å². The van der Waals surface area contributed by atoms with Gasteiger partial charge in [-0.25, -0.2) is 9.07 Å². The van der Waals surface area contributed by atoms with E-state index in [0.717, 1.165) is 23.4 Å². The lowest BCUT2D eigenvalue weighted by Crippen LogP contribution is -2.30. The van der Waals surface area contributed by atoms with Crippen molar-refractivity contribution in [3.8, 4) is 5.69 Å². The predicted molar refractivity (Wildman–Crippen MR) is 127 cm³/mol. The summed E-state index contributed by atoms with van der Waals surface area (Å²) < 4.78 is 14.7. The van der Waals surface area contributed by atoms with Gasteiger partial charge >= 0.3 is 0 Å². The summed E-state index contributed by atoms with van der Waals surface area (Å²) in [6.07, 6.45) is 0.442. The van der Waals surface area contributed by atoms with Crippen molar-refractivity contribution in [1.29, 1.82) is 0 Å². The maximum atomic E-state index is 13.1. The zero-order valence-electron chi connectivity index (χ0n) is 17.8. The summed E-state index contributed by atoms with van der Waals surface area (Å²) in [5, 5.41) is 9.99. The summed E-state index contributed by atoms with van der Waals surface area (Å²) in [6.45, 7) is 3.60. The van der Waals surface area contributed by atoms with Gasteiger partial charge in [-0.15, -0.1) is 5.10 Å². The van der Waals surface area contributed by atoms with E-state index >= 15 is 0 Å². The van der Waals surface area contributed by atoms with Crippen LogP contribution in [0.25, 0.3) is 5.69 Å². The molecule has 0 radical (unpaired) electrons. The fraction of sp³-hybridized carbons (Fsp3) is 0.0400. The van der Waals surface area contributed by atoms with Gasteiger partial charge in [-0.05, 0) is 54.1 Å². The molecule has 0 saturated carbocycles. The number of nitrogens with zero attached hydrogens (tertiary/aromatic N) is 3. The molecule has 1 aromatic heterocycles. The lowest BCUT2D eigenvalue weighted by molar-refractivity contribution is -0.113. The number of amides is 2. The van der Waals surface area contributed by atoms with Crippen LogP contribution in [-0.4, -0.2) is 26.6 Å². The second-order valence-electron chi connectivity index (χ2n) is 7.30. The van der Waals surface area contributed by atoms with Crippen LogP contribution in [0.15, 0.2) is 91.1 Å². The lowest BCUT2D eigenvalue weighted by Gasteiger charge is -2.07. The molecule has 0 aliphatic carbocycles. The molecule has 7 nitrogen and oxygen atoms in total. The first-order chi connectivity index (χ1) is 16.4. The number of carbonyl (C=O) groups excluding carboxylic acids is 2. The summed E-state index contributed by atoms with van der Waals surface area (Å²) in [4.78, 5) is 29.3. The van der Waals surface area contributed by atoms with Crippen molar-refractivity contribution in [2.24, 2.45) is 0 Å². The molecule has 0 saturated heterocycles. The number of para-hydroxylation sites is 1. The number of rotatable bonds is 7. The molecule has 0 unspecified atom stereocenters. The Kier molecular flexibility index (Phi) is 6.79. The van der Waals surface area contributed by atoms with Gasteiger partial charge in [-0.1, -0.05) is 48.5 Å². The first kappa shape index (κ1) is 22.9. The third-order valence-corrected chi connectivity index (χ3v) is 5.07. The number of carbonyl (C=O) groups is 2. The molecule has 1 heterocycles. The Bertz CT molecular complexity index is 1340. The number of halogens is 2. The smallest absolute Gasteiger partial charge is 0.273 e. The van der Waals surface area contributed by atoms with E-state index in [9.17, 15) is 14.0 Å². The zero-order valence-corrected chi connectivity index (χ0v) is 18.6. The SMILES string of the molecule is C=C(NC(=O)c1ccc(F)cc1)C(=O)Nc1nc(Cc2ccc(Cl)cc2)n(-c2ccccc2)n1. The van der Waals surface area contributed by atoms with E-state index in [2.05, 4.69) is 27.3 Å². The molecule has 170 valence electrons. The zero-order chi connectivity index (χ0) is 24.1. The number of anilines is 1. The van der Waals surface area contributed by atoms with E-state index < -0.39 is 17.6 Å². The molecular formula is C25H19ClFN5O2. The predicted octanol–water partition coefficient (Wildman–Crippen LogP) is 4.53. The quantitative estimate of drug-likeness (QED) is 0.384. The fourth-order valence-corrected chi connectivity index (χ4v) is 3.24.